The van der Waals surface area contributed by atoms with Crippen LogP contribution in [0.5, 0.6) is 0 Å². The number of alkyl carbamates (subject to hydrolysis) is 1. The number of carboxylic acid groups (broad SMARTS) is 1. The lowest BCUT2D eigenvalue weighted by Crippen LogP contribution is -2.52. The molecule has 1 aliphatic carbocycles. The Hall–Kier alpha value is -2.86. The molecule has 1 atom stereocenters. The van der Waals surface area contributed by atoms with Crippen LogP contribution in [0.25, 0.3) is 11.1 Å². The molecule has 0 saturated heterocycles. The van der Waals surface area contributed by atoms with E-state index in [1.807, 2.05) is 36.4 Å². The van der Waals surface area contributed by atoms with E-state index >= 15 is 0 Å². The topological polar surface area (TPSA) is 106 Å². The number of benzene rings is 2. The molecule has 1 amide bonds. The predicted molar refractivity (Wildman–Crippen MR) is 94.0 cm³/mol. The van der Waals surface area contributed by atoms with Gasteiger partial charge in [0.15, 0.2) is 0 Å². The van der Waals surface area contributed by atoms with Crippen LogP contribution < -0.4 is 16.2 Å². The highest BCUT2D eigenvalue weighted by atomic mass is 16.5. The molecule has 0 unspecified atom stereocenters. The number of hydrogen-bond donors (Lipinski definition) is 2. The second-order valence-corrected chi connectivity index (χ2v) is 6.34. The minimum atomic E-state index is -1.31. The number of hydrogen-bond acceptors (Lipinski definition) is 4. The molecule has 0 spiro atoms. The summed E-state index contributed by atoms with van der Waals surface area (Å²) in [6.07, 6.45) is 0.114. The number of amides is 1. The summed E-state index contributed by atoms with van der Waals surface area (Å²) >= 11 is 0. The van der Waals surface area contributed by atoms with Gasteiger partial charge in [-0.3, -0.25) is 0 Å². The molecule has 0 aromatic heterocycles. The number of rotatable bonds is 7. The van der Waals surface area contributed by atoms with E-state index < -0.39 is 18.1 Å². The van der Waals surface area contributed by atoms with Crippen molar-refractivity contribution in [2.45, 2.75) is 24.8 Å². The van der Waals surface area contributed by atoms with Crippen molar-refractivity contribution in [3.63, 3.8) is 0 Å². The summed E-state index contributed by atoms with van der Waals surface area (Å²) < 4.78 is 5.34. The third-order valence-electron chi connectivity index (χ3n) is 4.66. The number of aliphatic carboxylic acids is 1. The molecular weight excluding hydrogens is 332 g/mol. The van der Waals surface area contributed by atoms with Crippen molar-refractivity contribution in [3.05, 3.63) is 59.7 Å². The number of nitrogens with one attached hydrogen (secondary N) is 1. The van der Waals surface area contributed by atoms with Crippen LogP contribution >= 0.6 is 0 Å². The summed E-state index contributed by atoms with van der Waals surface area (Å²) in [5, 5.41) is 13.5. The van der Waals surface area contributed by atoms with Crippen LogP contribution in [0.1, 0.15) is 29.9 Å². The molecule has 0 saturated carbocycles. The Morgan fingerprint density at radius 1 is 1.08 bits per heavy atom. The highest BCUT2D eigenvalue weighted by molar-refractivity contribution is 5.80. The first-order chi connectivity index (χ1) is 12.6. The molecule has 136 valence electrons. The number of ether oxygens (including phenoxy) is 1. The molecule has 6 nitrogen and oxygen atoms in total. The fraction of sp³-hybridized carbons (Fsp3) is 0.300. The predicted octanol–water partition coefficient (Wildman–Crippen LogP) is 0.666. The van der Waals surface area contributed by atoms with E-state index in [1.165, 1.54) is 0 Å². The van der Waals surface area contributed by atoms with Crippen molar-refractivity contribution in [1.82, 2.24) is 5.32 Å². The first-order valence-electron chi connectivity index (χ1n) is 8.73. The van der Waals surface area contributed by atoms with Crippen LogP contribution in [0.2, 0.25) is 0 Å². The van der Waals surface area contributed by atoms with Gasteiger partial charge in [-0.2, -0.15) is 0 Å². The lowest BCUT2D eigenvalue weighted by Gasteiger charge is -2.20. The maximum atomic E-state index is 12.1. The number of fused-ring (bicyclic) bond motifs is 3. The molecular formula is C20H22N2O4. The standard InChI is InChI=1S/C20H22N2O4/c21-11-5-10-18(19(23)24)22-20(25)26-12-17-15-8-3-1-6-13(15)14-7-2-4-9-16(14)17/h1-4,6-9,17-18H,5,10-12,21H2,(H,22,25)(H,23,24)/t18-/m0/s1. The van der Waals surface area contributed by atoms with E-state index in [9.17, 15) is 14.7 Å². The van der Waals surface area contributed by atoms with Gasteiger partial charge in [-0.25, -0.2) is 4.79 Å². The quantitative estimate of drug-likeness (QED) is 0.762. The molecule has 2 aromatic rings. The van der Waals surface area contributed by atoms with Crippen LogP contribution in [0.15, 0.2) is 48.5 Å². The van der Waals surface area contributed by atoms with Crippen molar-refractivity contribution >= 4 is 12.1 Å². The molecule has 0 heterocycles. The van der Waals surface area contributed by atoms with Gasteiger partial charge in [-0.05, 0) is 35.1 Å². The van der Waals surface area contributed by atoms with E-state index in [-0.39, 0.29) is 18.9 Å². The summed E-state index contributed by atoms with van der Waals surface area (Å²) in [7, 11) is 0. The van der Waals surface area contributed by atoms with E-state index in [4.69, 9.17) is 4.74 Å². The molecule has 0 bridgehead atoms. The number of quaternary nitrogens is 1. The summed E-state index contributed by atoms with van der Waals surface area (Å²) in [6.45, 7) is 0.741. The van der Waals surface area contributed by atoms with Crippen LogP contribution in [0.3, 0.4) is 0 Å². The zero-order chi connectivity index (χ0) is 18.5. The molecule has 0 radical (unpaired) electrons. The van der Waals surface area contributed by atoms with Crippen molar-refractivity contribution in [1.29, 1.82) is 0 Å². The summed E-state index contributed by atoms with van der Waals surface area (Å²) in [5.41, 5.74) is 8.16. The van der Waals surface area contributed by atoms with Gasteiger partial charge < -0.3 is 25.7 Å². The molecule has 0 fully saturated rings. The van der Waals surface area contributed by atoms with Gasteiger partial charge in [0, 0.05) is 5.92 Å². The molecule has 2 aromatic carbocycles. The lowest BCUT2D eigenvalue weighted by atomic mass is 9.98. The summed E-state index contributed by atoms with van der Waals surface area (Å²) in [6, 6.07) is 15.0. The van der Waals surface area contributed by atoms with Gasteiger partial charge in [-0.1, -0.05) is 48.5 Å². The summed E-state index contributed by atoms with van der Waals surface area (Å²) in [4.78, 5) is 23.2. The largest absolute Gasteiger partial charge is 0.548 e. The van der Waals surface area contributed by atoms with Gasteiger partial charge >= 0.3 is 6.09 Å². The van der Waals surface area contributed by atoms with E-state index in [0.29, 0.717) is 13.0 Å². The first kappa shape index (κ1) is 17.9. The molecule has 3 rings (SSSR count). The highest BCUT2D eigenvalue weighted by Gasteiger charge is 2.29. The van der Waals surface area contributed by atoms with Gasteiger partial charge in [0.05, 0.1) is 18.6 Å². The zero-order valence-electron chi connectivity index (χ0n) is 14.4. The second kappa shape index (κ2) is 8.01. The van der Waals surface area contributed by atoms with Crippen molar-refractivity contribution in [2.75, 3.05) is 13.2 Å². The molecule has 4 N–H and O–H groups in total. The fourth-order valence-electron chi connectivity index (χ4n) is 3.38. The van der Waals surface area contributed by atoms with Crippen molar-refractivity contribution in [3.8, 4) is 11.1 Å². The Kier molecular flexibility index (Phi) is 5.53. The SMILES string of the molecule is [NH3+]CCC[C@H](NC(=O)OCC1c2ccccc2-c2ccccc21)C(=O)[O-]. The van der Waals surface area contributed by atoms with Crippen LogP contribution in [0.4, 0.5) is 4.79 Å². The second-order valence-electron chi connectivity index (χ2n) is 6.34. The maximum Gasteiger partial charge on any atom is 0.407 e. The first-order valence-corrected chi connectivity index (χ1v) is 8.73. The zero-order valence-corrected chi connectivity index (χ0v) is 14.4. The van der Waals surface area contributed by atoms with Crippen LogP contribution in [0, 0.1) is 0 Å². The van der Waals surface area contributed by atoms with Crippen molar-refractivity contribution in [2.24, 2.45) is 0 Å². The Balaban J connectivity index is 1.68. The number of carboxylic acids is 1. The van der Waals surface area contributed by atoms with E-state index in [0.717, 1.165) is 22.3 Å². The Morgan fingerprint density at radius 2 is 1.65 bits per heavy atom. The van der Waals surface area contributed by atoms with Gasteiger partial charge in [0.2, 0.25) is 0 Å². The third kappa shape index (κ3) is 3.70. The average molecular weight is 354 g/mol. The molecule has 6 heteroatoms. The van der Waals surface area contributed by atoms with E-state index in [1.54, 1.807) is 0 Å². The fourth-order valence-corrected chi connectivity index (χ4v) is 3.38. The average Bonchev–Trinajstić information content (AvgIpc) is 2.97. The summed E-state index contributed by atoms with van der Waals surface area (Å²) in [5.74, 6) is -1.37. The number of carbonyl (C=O) groups is 2. The Labute approximate surface area is 152 Å². The maximum absolute atomic E-state index is 12.1. The Morgan fingerprint density at radius 3 is 2.19 bits per heavy atom. The molecule has 1 aliphatic rings. The van der Waals surface area contributed by atoms with Crippen LogP contribution in [-0.4, -0.2) is 31.3 Å². The van der Waals surface area contributed by atoms with Gasteiger partial charge in [0.1, 0.15) is 6.61 Å². The monoisotopic (exact) mass is 354 g/mol. The minimum absolute atomic E-state index is 0.0607. The third-order valence-corrected chi connectivity index (χ3v) is 4.66. The highest BCUT2D eigenvalue weighted by Crippen LogP contribution is 2.44. The smallest absolute Gasteiger partial charge is 0.407 e. The molecule has 0 aliphatic heterocycles. The van der Waals surface area contributed by atoms with Gasteiger partial charge in [0.25, 0.3) is 0 Å². The minimum Gasteiger partial charge on any atom is -0.548 e. The molecule has 26 heavy (non-hydrogen) atoms. The lowest BCUT2D eigenvalue weighted by molar-refractivity contribution is -0.368. The van der Waals surface area contributed by atoms with Gasteiger partial charge in [-0.15, -0.1) is 0 Å². The van der Waals surface area contributed by atoms with E-state index in [2.05, 4.69) is 23.2 Å². The Bertz CT molecular complexity index is 760. The van der Waals surface area contributed by atoms with Crippen molar-refractivity contribution < 1.29 is 25.2 Å². The van der Waals surface area contributed by atoms with Crippen LogP contribution in [-0.2, 0) is 9.53 Å². The number of carbonyl (C=O) groups excluding carboxylic acids is 2. The normalized spacial score (nSPS) is 13.6.